The van der Waals surface area contributed by atoms with Gasteiger partial charge in [0.15, 0.2) is 0 Å². The minimum atomic E-state index is 0.0436. The highest BCUT2D eigenvalue weighted by molar-refractivity contribution is 5.89. The van der Waals surface area contributed by atoms with Gasteiger partial charge in [0.25, 0.3) is 0 Å². The zero-order valence-corrected chi connectivity index (χ0v) is 11.8. The van der Waals surface area contributed by atoms with Crippen molar-refractivity contribution in [2.75, 3.05) is 18.4 Å². The maximum Gasteiger partial charge on any atom is 0.321 e. The van der Waals surface area contributed by atoms with Gasteiger partial charge in [0.2, 0.25) is 0 Å². The third-order valence-electron chi connectivity index (χ3n) is 4.58. The lowest BCUT2D eigenvalue weighted by molar-refractivity contribution is 0.110. The highest BCUT2D eigenvalue weighted by atomic mass is 16.2. The minimum Gasteiger partial charge on any atom is -0.326 e. The standard InChI is InChI=1S/C16H23N3O/c17-9-12-4-6-15(7-5-12)18-16(20)19-10-13-2-1-3-14(8-13)11-19/h4-7,13-14H,1-3,8-11,17H2,(H,18,20). The molecule has 1 aromatic rings. The van der Waals surface area contributed by atoms with Gasteiger partial charge >= 0.3 is 6.03 Å². The van der Waals surface area contributed by atoms with Gasteiger partial charge in [-0.05, 0) is 48.8 Å². The largest absolute Gasteiger partial charge is 0.326 e. The summed E-state index contributed by atoms with van der Waals surface area (Å²) < 4.78 is 0. The van der Waals surface area contributed by atoms with Crippen LogP contribution in [0.3, 0.4) is 0 Å². The van der Waals surface area contributed by atoms with E-state index in [9.17, 15) is 4.79 Å². The maximum atomic E-state index is 12.3. The molecule has 1 heterocycles. The molecule has 1 aliphatic heterocycles. The van der Waals surface area contributed by atoms with Crippen molar-refractivity contribution >= 4 is 11.7 Å². The summed E-state index contributed by atoms with van der Waals surface area (Å²) in [4.78, 5) is 14.3. The zero-order valence-electron chi connectivity index (χ0n) is 11.8. The number of carbonyl (C=O) groups excluding carboxylic acids is 1. The lowest BCUT2D eigenvalue weighted by Gasteiger charge is -2.41. The van der Waals surface area contributed by atoms with Gasteiger partial charge in [-0.15, -0.1) is 0 Å². The Morgan fingerprint density at radius 1 is 1.20 bits per heavy atom. The Kier molecular flexibility index (Phi) is 3.92. The first-order chi connectivity index (χ1) is 9.74. The first kappa shape index (κ1) is 13.4. The summed E-state index contributed by atoms with van der Waals surface area (Å²) in [6.07, 6.45) is 5.22. The van der Waals surface area contributed by atoms with Gasteiger partial charge in [-0.3, -0.25) is 0 Å². The number of nitrogens with two attached hydrogens (primary N) is 1. The number of nitrogens with zero attached hydrogens (tertiary/aromatic N) is 1. The molecule has 2 amide bonds. The van der Waals surface area contributed by atoms with Gasteiger partial charge < -0.3 is 16.0 Å². The number of hydrogen-bond acceptors (Lipinski definition) is 2. The quantitative estimate of drug-likeness (QED) is 0.870. The second-order valence-corrected chi connectivity index (χ2v) is 6.13. The van der Waals surface area contributed by atoms with Crippen LogP contribution in [0.1, 0.15) is 31.2 Å². The van der Waals surface area contributed by atoms with E-state index in [0.29, 0.717) is 18.4 Å². The molecule has 108 valence electrons. The molecule has 2 atom stereocenters. The smallest absolute Gasteiger partial charge is 0.321 e. The molecule has 20 heavy (non-hydrogen) atoms. The fourth-order valence-electron chi connectivity index (χ4n) is 3.52. The average Bonchev–Trinajstić information content (AvgIpc) is 2.47. The van der Waals surface area contributed by atoms with Crippen LogP contribution in [0.2, 0.25) is 0 Å². The average molecular weight is 273 g/mol. The van der Waals surface area contributed by atoms with Crippen molar-refractivity contribution in [2.24, 2.45) is 17.6 Å². The number of fused-ring (bicyclic) bond motifs is 2. The van der Waals surface area contributed by atoms with E-state index >= 15 is 0 Å². The molecule has 2 bridgehead atoms. The molecule has 0 spiro atoms. The Balaban J connectivity index is 1.60. The molecule has 3 N–H and O–H groups in total. The predicted octanol–water partition coefficient (Wildman–Crippen LogP) is 2.80. The molecular formula is C16H23N3O. The fourth-order valence-corrected chi connectivity index (χ4v) is 3.52. The van der Waals surface area contributed by atoms with Crippen molar-refractivity contribution in [3.63, 3.8) is 0 Å². The van der Waals surface area contributed by atoms with Gasteiger partial charge in [0.05, 0.1) is 0 Å². The Labute approximate surface area is 120 Å². The number of nitrogens with one attached hydrogen (secondary N) is 1. The summed E-state index contributed by atoms with van der Waals surface area (Å²) in [7, 11) is 0. The summed E-state index contributed by atoms with van der Waals surface area (Å²) >= 11 is 0. The van der Waals surface area contributed by atoms with Crippen LogP contribution in [-0.2, 0) is 6.54 Å². The Hall–Kier alpha value is -1.55. The second-order valence-electron chi connectivity index (χ2n) is 6.13. The molecule has 1 aromatic carbocycles. The molecule has 1 aliphatic carbocycles. The molecule has 2 fully saturated rings. The molecule has 3 rings (SSSR count). The van der Waals surface area contributed by atoms with Crippen LogP contribution in [0.25, 0.3) is 0 Å². The minimum absolute atomic E-state index is 0.0436. The van der Waals surface area contributed by atoms with Crippen LogP contribution < -0.4 is 11.1 Å². The van der Waals surface area contributed by atoms with Crippen LogP contribution in [0.5, 0.6) is 0 Å². The highest BCUT2D eigenvalue weighted by Crippen LogP contribution is 2.34. The summed E-state index contributed by atoms with van der Waals surface area (Å²) in [6.45, 7) is 2.37. The van der Waals surface area contributed by atoms with Crippen molar-refractivity contribution in [1.82, 2.24) is 4.90 Å². The van der Waals surface area contributed by atoms with Crippen LogP contribution in [-0.4, -0.2) is 24.0 Å². The molecule has 1 saturated heterocycles. The van der Waals surface area contributed by atoms with Gasteiger partial charge in [0, 0.05) is 25.3 Å². The Morgan fingerprint density at radius 3 is 2.45 bits per heavy atom. The van der Waals surface area contributed by atoms with Crippen molar-refractivity contribution in [3.05, 3.63) is 29.8 Å². The van der Waals surface area contributed by atoms with Gasteiger partial charge in [0.1, 0.15) is 0 Å². The predicted molar refractivity (Wildman–Crippen MR) is 80.4 cm³/mol. The van der Waals surface area contributed by atoms with E-state index in [0.717, 1.165) is 24.3 Å². The Bertz CT molecular complexity index is 459. The summed E-state index contributed by atoms with van der Waals surface area (Å²) in [6, 6.07) is 7.80. The lowest BCUT2D eigenvalue weighted by Crippen LogP contribution is -2.47. The van der Waals surface area contributed by atoms with Gasteiger partial charge in [-0.2, -0.15) is 0 Å². The first-order valence-corrected chi connectivity index (χ1v) is 7.59. The van der Waals surface area contributed by atoms with E-state index in [2.05, 4.69) is 5.32 Å². The van der Waals surface area contributed by atoms with E-state index in [1.165, 1.54) is 25.7 Å². The van der Waals surface area contributed by atoms with Crippen molar-refractivity contribution in [2.45, 2.75) is 32.2 Å². The molecule has 2 aliphatic rings. The van der Waals surface area contributed by atoms with Crippen LogP contribution in [0.15, 0.2) is 24.3 Å². The SMILES string of the molecule is NCc1ccc(NC(=O)N2CC3CCCC(C3)C2)cc1. The van der Waals surface area contributed by atoms with Crippen molar-refractivity contribution in [3.8, 4) is 0 Å². The zero-order chi connectivity index (χ0) is 13.9. The third-order valence-corrected chi connectivity index (χ3v) is 4.58. The van der Waals surface area contributed by atoms with Gasteiger partial charge in [-0.25, -0.2) is 4.79 Å². The van der Waals surface area contributed by atoms with Crippen molar-refractivity contribution in [1.29, 1.82) is 0 Å². The topological polar surface area (TPSA) is 58.4 Å². The normalized spacial score (nSPS) is 25.4. The monoisotopic (exact) mass is 273 g/mol. The third kappa shape index (κ3) is 2.96. The van der Waals surface area contributed by atoms with E-state index in [1.54, 1.807) is 0 Å². The van der Waals surface area contributed by atoms with Crippen LogP contribution in [0, 0.1) is 11.8 Å². The fraction of sp³-hybridized carbons (Fsp3) is 0.562. The number of anilines is 1. The maximum absolute atomic E-state index is 12.3. The number of piperidine rings is 1. The number of urea groups is 1. The second kappa shape index (κ2) is 5.83. The van der Waals surface area contributed by atoms with Crippen molar-refractivity contribution < 1.29 is 4.79 Å². The summed E-state index contributed by atoms with van der Waals surface area (Å²) in [5.74, 6) is 1.43. The van der Waals surface area contributed by atoms with E-state index in [4.69, 9.17) is 5.73 Å². The van der Waals surface area contributed by atoms with E-state index in [-0.39, 0.29) is 6.03 Å². The number of carbonyl (C=O) groups is 1. The molecule has 1 saturated carbocycles. The van der Waals surface area contributed by atoms with Crippen LogP contribution in [0.4, 0.5) is 10.5 Å². The molecule has 0 radical (unpaired) electrons. The number of likely N-dealkylation sites (tertiary alicyclic amines) is 1. The van der Waals surface area contributed by atoms with E-state index < -0.39 is 0 Å². The van der Waals surface area contributed by atoms with Crippen LogP contribution >= 0.6 is 0 Å². The number of amides is 2. The lowest BCUT2D eigenvalue weighted by atomic mass is 9.78. The van der Waals surface area contributed by atoms with Gasteiger partial charge in [-0.1, -0.05) is 18.6 Å². The molecule has 4 heteroatoms. The summed E-state index contributed by atoms with van der Waals surface area (Å²) in [5, 5.41) is 3.00. The number of hydrogen-bond donors (Lipinski definition) is 2. The highest BCUT2D eigenvalue weighted by Gasteiger charge is 2.32. The molecule has 0 aromatic heterocycles. The number of rotatable bonds is 2. The molecular weight excluding hydrogens is 250 g/mol. The molecule has 4 nitrogen and oxygen atoms in total. The number of benzene rings is 1. The summed E-state index contributed by atoms with van der Waals surface area (Å²) in [5.41, 5.74) is 7.50. The molecule has 2 unspecified atom stereocenters. The Morgan fingerprint density at radius 2 is 1.85 bits per heavy atom. The van der Waals surface area contributed by atoms with E-state index in [1.807, 2.05) is 29.2 Å². The first-order valence-electron chi connectivity index (χ1n) is 7.59.